The Balaban J connectivity index is 0.000000231. The molecule has 0 N–H and O–H groups in total. The summed E-state index contributed by atoms with van der Waals surface area (Å²) in [5.74, 6) is 0. The largest absolute Gasteiger partial charge is 1.00 e. The van der Waals surface area contributed by atoms with E-state index in [1.807, 2.05) is 18.2 Å². The van der Waals surface area contributed by atoms with E-state index in [1.54, 1.807) is 0 Å². The fourth-order valence-electron chi connectivity index (χ4n) is 3.09. The van der Waals surface area contributed by atoms with Crippen LogP contribution in [0.3, 0.4) is 0 Å². The van der Waals surface area contributed by atoms with Crippen molar-refractivity contribution in [2.45, 2.75) is 19.8 Å². The second kappa shape index (κ2) is 13.6. The molecule has 3 aromatic rings. The molecule has 0 radical (unpaired) electrons. The third-order valence-electron chi connectivity index (χ3n) is 4.55. The summed E-state index contributed by atoms with van der Waals surface area (Å²) in [4.78, 5) is 0. The number of benzene rings is 3. The van der Waals surface area contributed by atoms with Gasteiger partial charge in [-0.15, -0.1) is 12.0 Å². The average Bonchev–Trinajstić information content (AvgIpc) is 3.40. The van der Waals surface area contributed by atoms with Gasteiger partial charge in [0.05, 0.1) is 0 Å². The summed E-state index contributed by atoms with van der Waals surface area (Å²) in [6.07, 6.45) is 11.0. The fraction of sp³-hybridized carbons (Fsp3) is 0.115. The standard InChI is InChI=1S/C13H9.C8H8.C5H5.2ClH.Hf/c1-3-7-12-10(5-1)9-11-6-2-4-8-13(11)12;1-7-5-3-4-6-8(7)2;1-2-4-5-3-1;;;/h1-5,7-8H,9H2;1,3-6H,2H3;1-3H,4H2;2*1H;/q-1;;-1;;;+2/p-2. The summed E-state index contributed by atoms with van der Waals surface area (Å²) in [6, 6.07) is 26.6. The zero-order chi connectivity index (χ0) is 18.9. The minimum absolute atomic E-state index is 0. The minimum Gasteiger partial charge on any atom is -1.00 e. The van der Waals surface area contributed by atoms with E-state index in [9.17, 15) is 0 Å². The van der Waals surface area contributed by atoms with E-state index in [-0.39, 0.29) is 24.8 Å². The van der Waals surface area contributed by atoms with Crippen LogP contribution in [0.15, 0.2) is 85.0 Å². The van der Waals surface area contributed by atoms with E-state index < -0.39 is 0 Å². The van der Waals surface area contributed by atoms with E-state index in [0.717, 1.165) is 36.7 Å². The number of aryl methyl sites for hydroxylation is 1. The molecule has 3 aromatic carbocycles. The molecule has 0 aliphatic heterocycles. The maximum atomic E-state index is 3.30. The van der Waals surface area contributed by atoms with Gasteiger partial charge in [-0.3, -0.25) is 6.08 Å². The molecule has 0 saturated heterocycles. The maximum absolute atomic E-state index is 3.30. The Morgan fingerprint density at radius 2 is 1.62 bits per heavy atom. The van der Waals surface area contributed by atoms with Gasteiger partial charge in [-0.05, 0) is 6.42 Å². The number of fused-ring (bicyclic) bond motifs is 3. The maximum Gasteiger partial charge on any atom is -0.0253 e. The molecule has 2 aliphatic rings. The van der Waals surface area contributed by atoms with Gasteiger partial charge in [0.1, 0.15) is 0 Å². The van der Waals surface area contributed by atoms with Gasteiger partial charge in [0, 0.05) is 0 Å². The summed E-state index contributed by atoms with van der Waals surface area (Å²) in [5, 5.41) is 0. The van der Waals surface area contributed by atoms with Crippen molar-refractivity contribution >= 4 is 3.76 Å². The van der Waals surface area contributed by atoms with Crippen molar-refractivity contribution in [3.8, 4) is 11.1 Å². The van der Waals surface area contributed by atoms with Crippen LogP contribution in [0.5, 0.6) is 0 Å². The molecule has 0 heterocycles. The quantitative estimate of drug-likeness (QED) is 0.220. The van der Waals surface area contributed by atoms with Crippen molar-refractivity contribution in [3.05, 3.63) is 119 Å². The normalized spacial score (nSPS) is 11.4. The molecule has 0 fully saturated rings. The Morgan fingerprint density at radius 3 is 2.24 bits per heavy atom. The van der Waals surface area contributed by atoms with Crippen LogP contribution in [-0.4, -0.2) is 3.76 Å². The van der Waals surface area contributed by atoms with Crippen molar-refractivity contribution in [2.24, 2.45) is 0 Å². The van der Waals surface area contributed by atoms with Gasteiger partial charge < -0.3 is 24.8 Å². The minimum atomic E-state index is 0. The average molecular weight is 584 g/mol. The summed E-state index contributed by atoms with van der Waals surface area (Å²) < 4.78 is 2.26. The summed E-state index contributed by atoms with van der Waals surface area (Å²) in [6.45, 7) is 2.14. The Labute approximate surface area is 201 Å². The van der Waals surface area contributed by atoms with Crippen LogP contribution in [-0.2, 0) is 30.3 Å². The molecule has 29 heavy (non-hydrogen) atoms. The molecule has 0 saturated carbocycles. The first kappa shape index (κ1) is 25.5. The molecule has 0 aromatic heterocycles. The van der Waals surface area contributed by atoms with Crippen molar-refractivity contribution in [3.63, 3.8) is 0 Å². The second-order valence-corrected chi connectivity index (χ2v) is 7.44. The van der Waals surface area contributed by atoms with Crippen molar-refractivity contribution in [1.82, 2.24) is 0 Å². The van der Waals surface area contributed by atoms with Gasteiger partial charge >= 0.3 is 70.0 Å². The molecule has 3 heteroatoms. The molecule has 146 valence electrons. The first-order chi connectivity index (χ1) is 13.3. The van der Waals surface area contributed by atoms with Crippen LogP contribution in [0.25, 0.3) is 11.1 Å². The first-order valence-corrected chi connectivity index (χ1v) is 11.2. The second-order valence-electron chi connectivity index (χ2n) is 6.40. The predicted molar refractivity (Wildman–Crippen MR) is 111 cm³/mol. The first-order valence-electron chi connectivity index (χ1n) is 9.15. The number of allylic oxidation sites excluding steroid dienone is 4. The zero-order valence-electron chi connectivity index (χ0n) is 16.3. The number of hydrogen-bond donors (Lipinski definition) is 0. The molecular weight excluding hydrogens is 562 g/mol. The van der Waals surface area contributed by atoms with Crippen LogP contribution in [0, 0.1) is 19.1 Å². The van der Waals surface area contributed by atoms with Gasteiger partial charge in [-0.25, -0.2) is 12.2 Å². The molecule has 0 atom stereocenters. The van der Waals surface area contributed by atoms with E-state index in [1.165, 1.54) is 33.4 Å². The molecule has 0 unspecified atom stereocenters. The van der Waals surface area contributed by atoms with Crippen LogP contribution in [0.1, 0.15) is 28.7 Å². The molecule has 0 bridgehead atoms. The van der Waals surface area contributed by atoms with Crippen molar-refractivity contribution in [1.29, 1.82) is 0 Å². The van der Waals surface area contributed by atoms with Crippen molar-refractivity contribution in [2.75, 3.05) is 0 Å². The van der Waals surface area contributed by atoms with E-state index in [2.05, 4.69) is 89.6 Å². The molecule has 2 aliphatic carbocycles. The SMILES string of the molecule is Cc1ccccc1[CH]=[Hf+2].[C-]1=CC=CC1.[Cl-].[Cl-].[c-]1cccc2c1Cc1ccccc1-2. The number of rotatable bonds is 1. The Hall–Kier alpha value is -1.54. The van der Waals surface area contributed by atoms with E-state index in [0.29, 0.717) is 0 Å². The van der Waals surface area contributed by atoms with Gasteiger partial charge in [0.2, 0.25) is 0 Å². The van der Waals surface area contributed by atoms with Gasteiger partial charge in [0.15, 0.2) is 0 Å². The Morgan fingerprint density at radius 1 is 0.897 bits per heavy atom. The monoisotopic (exact) mass is 584 g/mol. The van der Waals surface area contributed by atoms with Crippen molar-refractivity contribution < 1.29 is 48.7 Å². The summed E-state index contributed by atoms with van der Waals surface area (Å²) >= 11 is 1.15. The number of hydrogen-bond acceptors (Lipinski definition) is 0. The van der Waals surface area contributed by atoms with Gasteiger partial charge in [0.25, 0.3) is 0 Å². The van der Waals surface area contributed by atoms with Crippen LogP contribution in [0.4, 0.5) is 0 Å². The molecule has 0 amide bonds. The molecule has 0 nitrogen and oxygen atoms in total. The van der Waals surface area contributed by atoms with Crippen LogP contribution >= 0.6 is 0 Å². The summed E-state index contributed by atoms with van der Waals surface area (Å²) in [7, 11) is 0. The third-order valence-corrected chi connectivity index (χ3v) is 5.66. The summed E-state index contributed by atoms with van der Waals surface area (Å²) in [5.41, 5.74) is 8.28. The Kier molecular flexibility index (Phi) is 12.0. The van der Waals surface area contributed by atoms with Gasteiger partial charge in [-0.1, -0.05) is 35.4 Å². The van der Waals surface area contributed by atoms with E-state index in [4.69, 9.17) is 0 Å². The molecule has 0 spiro atoms. The third kappa shape index (κ3) is 7.33. The molecule has 5 rings (SSSR count). The fourth-order valence-corrected chi connectivity index (χ4v) is 4.25. The smallest absolute Gasteiger partial charge is 0.0253 e. The van der Waals surface area contributed by atoms with Gasteiger partial charge in [-0.2, -0.15) is 35.9 Å². The van der Waals surface area contributed by atoms with Crippen LogP contribution in [0.2, 0.25) is 0 Å². The molecular formula is C26H22Cl2Hf-2. The van der Waals surface area contributed by atoms with E-state index >= 15 is 0 Å². The predicted octanol–water partition coefficient (Wildman–Crippen LogP) is 0.0638. The van der Waals surface area contributed by atoms with Crippen LogP contribution < -0.4 is 24.8 Å². The Bertz CT molecular complexity index is 920. The number of halogens is 2. The topological polar surface area (TPSA) is 0 Å². The zero-order valence-corrected chi connectivity index (χ0v) is 21.4.